The van der Waals surface area contributed by atoms with Crippen LogP contribution >= 0.6 is 0 Å². The summed E-state index contributed by atoms with van der Waals surface area (Å²) in [4.78, 5) is 16.7. The molecule has 0 aliphatic carbocycles. The predicted octanol–water partition coefficient (Wildman–Crippen LogP) is 2.04. The average molecular weight is 328 g/mol. The van der Waals surface area contributed by atoms with Gasteiger partial charge in [0.25, 0.3) is 0 Å². The molecule has 0 fully saturated rings. The summed E-state index contributed by atoms with van der Waals surface area (Å²) in [7, 11) is 0. The molecule has 0 saturated carbocycles. The Hall–Kier alpha value is -2.37. The summed E-state index contributed by atoms with van der Waals surface area (Å²) < 4.78 is 7.62. The van der Waals surface area contributed by atoms with Crippen molar-refractivity contribution >= 4 is 5.91 Å². The first-order valence-corrected chi connectivity index (χ1v) is 8.50. The molecular weight excluding hydrogens is 304 g/mol. The molecule has 1 aliphatic heterocycles. The van der Waals surface area contributed by atoms with Crippen LogP contribution in [0.2, 0.25) is 0 Å². The van der Waals surface area contributed by atoms with E-state index in [-0.39, 0.29) is 11.8 Å². The molecule has 0 bridgehead atoms. The predicted molar refractivity (Wildman–Crippen MR) is 90.9 cm³/mol. The van der Waals surface area contributed by atoms with Crippen LogP contribution < -0.4 is 10.1 Å². The number of nitrogens with one attached hydrogen (secondary N) is 1. The first-order chi connectivity index (χ1) is 11.6. The Labute approximate surface area is 142 Å². The number of carbonyl (C=O) groups excluding carboxylic acids is 1. The lowest BCUT2D eigenvalue weighted by atomic mass is 9.96. The smallest absolute Gasteiger partial charge is 0.223 e. The van der Waals surface area contributed by atoms with Gasteiger partial charge in [-0.25, -0.2) is 4.98 Å². The molecule has 0 spiro atoms. The van der Waals surface area contributed by atoms with Gasteiger partial charge >= 0.3 is 0 Å². The standard InChI is InChI=1S/C18H24N4O2/c1-13-20-14(2)22(21-13)10-5-9-19-18(23)16-8-11-24-17-7-4-3-6-15(17)12-16/h3-4,6-7,16H,5,8-12H2,1-2H3,(H,19,23)/t16-/m0/s1. The van der Waals surface area contributed by atoms with Crippen LogP contribution in [0.4, 0.5) is 0 Å². The number of rotatable bonds is 5. The van der Waals surface area contributed by atoms with E-state index in [0.29, 0.717) is 13.2 Å². The van der Waals surface area contributed by atoms with Crippen molar-refractivity contribution in [2.45, 2.75) is 39.7 Å². The van der Waals surface area contributed by atoms with Crippen molar-refractivity contribution in [2.24, 2.45) is 5.92 Å². The summed E-state index contributed by atoms with van der Waals surface area (Å²) in [6.45, 7) is 5.84. The number of ether oxygens (including phenoxy) is 1. The van der Waals surface area contributed by atoms with Gasteiger partial charge in [-0.2, -0.15) is 5.10 Å². The van der Waals surface area contributed by atoms with Crippen molar-refractivity contribution in [2.75, 3.05) is 13.2 Å². The van der Waals surface area contributed by atoms with Crippen molar-refractivity contribution in [1.82, 2.24) is 20.1 Å². The third kappa shape index (κ3) is 3.93. The summed E-state index contributed by atoms with van der Waals surface area (Å²) in [5, 5.41) is 7.38. The Morgan fingerprint density at radius 2 is 2.21 bits per heavy atom. The molecule has 1 N–H and O–H groups in total. The number of hydrogen-bond donors (Lipinski definition) is 1. The van der Waals surface area contributed by atoms with Gasteiger partial charge < -0.3 is 10.1 Å². The van der Waals surface area contributed by atoms with E-state index in [0.717, 1.165) is 48.8 Å². The van der Waals surface area contributed by atoms with E-state index >= 15 is 0 Å². The van der Waals surface area contributed by atoms with E-state index in [2.05, 4.69) is 15.4 Å². The van der Waals surface area contributed by atoms with Gasteiger partial charge in [-0.05, 0) is 44.7 Å². The lowest BCUT2D eigenvalue weighted by Crippen LogP contribution is -2.33. The average Bonchev–Trinajstić information content (AvgIpc) is 2.77. The summed E-state index contributed by atoms with van der Waals surface area (Å²) in [6.07, 6.45) is 2.33. The monoisotopic (exact) mass is 328 g/mol. The maximum atomic E-state index is 12.4. The highest BCUT2D eigenvalue weighted by molar-refractivity contribution is 5.79. The van der Waals surface area contributed by atoms with Gasteiger partial charge in [0.1, 0.15) is 17.4 Å². The fraction of sp³-hybridized carbons (Fsp3) is 0.500. The van der Waals surface area contributed by atoms with E-state index in [1.807, 2.05) is 42.8 Å². The molecule has 1 aromatic heterocycles. The number of carbonyl (C=O) groups is 1. The third-order valence-corrected chi connectivity index (χ3v) is 4.34. The summed E-state index contributed by atoms with van der Waals surface area (Å²) in [5.41, 5.74) is 1.11. The Kier molecular flexibility index (Phi) is 5.13. The molecule has 6 heteroatoms. The second-order valence-electron chi connectivity index (χ2n) is 6.22. The van der Waals surface area contributed by atoms with Crippen molar-refractivity contribution in [3.63, 3.8) is 0 Å². The second-order valence-corrected chi connectivity index (χ2v) is 6.22. The highest BCUT2D eigenvalue weighted by Gasteiger charge is 2.23. The van der Waals surface area contributed by atoms with E-state index < -0.39 is 0 Å². The molecule has 6 nitrogen and oxygen atoms in total. The van der Waals surface area contributed by atoms with Crippen LogP contribution in [0, 0.1) is 19.8 Å². The van der Waals surface area contributed by atoms with Gasteiger partial charge in [0.15, 0.2) is 0 Å². The first-order valence-electron chi connectivity index (χ1n) is 8.50. The molecule has 1 aromatic carbocycles. The van der Waals surface area contributed by atoms with Crippen molar-refractivity contribution in [3.05, 3.63) is 41.5 Å². The van der Waals surface area contributed by atoms with Crippen LogP contribution in [0.5, 0.6) is 5.75 Å². The largest absolute Gasteiger partial charge is 0.493 e. The lowest BCUT2D eigenvalue weighted by molar-refractivity contribution is -0.125. The van der Waals surface area contributed by atoms with Crippen LogP contribution in [0.1, 0.15) is 30.1 Å². The Morgan fingerprint density at radius 1 is 1.38 bits per heavy atom. The summed E-state index contributed by atoms with van der Waals surface area (Å²) >= 11 is 0. The fourth-order valence-electron chi connectivity index (χ4n) is 3.07. The Balaban J connectivity index is 1.47. The van der Waals surface area contributed by atoms with Crippen molar-refractivity contribution in [3.8, 4) is 5.75 Å². The van der Waals surface area contributed by atoms with Crippen LogP contribution in [0.25, 0.3) is 0 Å². The SMILES string of the molecule is Cc1nc(C)n(CCCNC(=O)[C@H]2CCOc3ccccc3C2)n1. The normalized spacial score (nSPS) is 16.8. The molecular formula is C18H24N4O2. The number of para-hydroxylation sites is 1. The molecule has 3 rings (SSSR count). The molecule has 128 valence electrons. The number of benzene rings is 1. The Bertz CT molecular complexity index is 711. The maximum Gasteiger partial charge on any atom is 0.223 e. The second kappa shape index (κ2) is 7.47. The highest BCUT2D eigenvalue weighted by Crippen LogP contribution is 2.26. The number of fused-ring (bicyclic) bond motifs is 1. The minimum absolute atomic E-state index is 0.0241. The number of hydrogen-bond acceptors (Lipinski definition) is 4. The quantitative estimate of drug-likeness (QED) is 0.853. The zero-order valence-corrected chi connectivity index (χ0v) is 14.3. The summed E-state index contributed by atoms with van der Waals surface area (Å²) in [5.74, 6) is 2.70. The van der Waals surface area contributed by atoms with Gasteiger partial charge in [0.2, 0.25) is 5.91 Å². The fourth-order valence-corrected chi connectivity index (χ4v) is 3.07. The highest BCUT2D eigenvalue weighted by atomic mass is 16.5. The van der Waals surface area contributed by atoms with Gasteiger partial charge in [0, 0.05) is 19.0 Å². The molecule has 0 unspecified atom stereocenters. The molecule has 1 atom stereocenters. The molecule has 0 radical (unpaired) electrons. The minimum Gasteiger partial charge on any atom is -0.493 e. The van der Waals surface area contributed by atoms with Crippen LogP contribution in [-0.2, 0) is 17.8 Å². The Morgan fingerprint density at radius 3 is 3.00 bits per heavy atom. The molecule has 2 heterocycles. The van der Waals surface area contributed by atoms with Crippen molar-refractivity contribution in [1.29, 1.82) is 0 Å². The van der Waals surface area contributed by atoms with Gasteiger partial charge in [0.05, 0.1) is 6.61 Å². The topological polar surface area (TPSA) is 69.0 Å². The first kappa shape index (κ1) is 16.5. The number of nitrogens with zero attached hydrogens (tertiary/aromatic N) is 3. The van der Waals surface area contributed by atoms with Gasteiger partial charge in [-0.3, -0.25) is 9.48 Å². The van der Waals surface area contributed by atoms with E-state index in [4.69, 9.17) is 4.74 Å². The van der Waals surface area contributed by atoms with E-state index in [1.54, 1.807) is 0 Å². The zero-order chi connectivity index (χ0) is 16.9. The number of aryl methyl sites for hydroxylation is 3. The number of amides is 1. The molecule has 0 saturated heterocycles. The van der Waals surface area contributed by atoms with Crippen LogP contribution in [0.3, 0.4) is 0 Å². The van der Waals surface area contributed by atoms with Crippen LogP contribution in [-0.4, -0.2) is 33.8 Å². The van der Waals surface area contributed by atoms with E-state index in [1.165, 1.54) is 0 Å². The molecule has 1 aliphatic rings. The summed E-state index contributed by atoms with van der Waals surface area (Å²) in [6, 6.07) is 7.97. The third-order valence-electron chi connectivity index (χ3n) is 4.34. The van der Waals surface area contributed by atoms with Gasteiger partial charge in [-0.1, -0.05) is 18.2 Å². The zero-order valence-electron chi connectivity index (χ0n) is 14.3. The maximum absolute atomic E-state index is 12.4. The molecule has 1 amide bonds. The molecule has 2 aromatic rings. The van der Waals surface area contributed by atoms with Crippen LogP contribution in [0.15, 0.2) is 24.3 Å². The van der Waals surface area contributed by atoms with Crippen molar-refractivity contribution < 1.29 is 9.53 Å². The minimum atomic E-state index is -0.0241. The van der Waals surface area contributed by atoms with E-state index in [9.17, 15) is 4.79 Å². The molecule has 24 heavy (non-hydrogen) atoms. The number of aromatic nitrogens is 3. The van der Waals surface area contributed by atoms with Gasteiger partial charge in [-0.15, -0.1) is 0 Å². The lowest BCUT2D eigenvalue weighted by Gasteiger charge is -2.14.